The number of nitrogens with zero attached hydrogens (tertiary/aromatic N) is 1. The van der Waals surface area contributed by atoms with Crippen molar-refractivity contribution in [3.05, 3.63) is 34.9 Å². The minimum atomic E-state index is -0.495. The largest absolute Gasteiger partial charge is 0.354 e. The second-order valence-electron chi connectivity index (χ2n) is 5.72. The summed E-state index contributed by atoms with van der Waals surface area (Å²) in [5, 5.41) is 3.53. The minimum absolute atomic E-state index is 0.00869. The third-order valence-electron chi connectivity index (χ3n) is 3.70. The Morgan fingerprint density at radius 3 is 2.61 bits per heavy atom. The number of benzene rings is 1. The van der Waals surface area contributed by atoms with Crippen molar-refractivity contribution < 1.29 is 9.59 Å². The summed E-state index contributed by atoms with van der Waals surface area (Å²) in [5.41, 5.74) is 0.926. The summed E-state index contributed by atoms with van der Waals surface area (Å²) in [6.45, 7) is 6.85. The van der Waals surface area contributed by atoms with Crippen LogP contribution >= 0.6 is 11.6 Å². The normalized spacial score (nSPS) is 11.8. The highest BCUT2D eigenvalue weighted by Crippen LogP contribution is 2.15. The Bertz CT molecular complexity index is 519. The lowest BCUT2D eigenvalue weighted by atomic mass is 10.1. The van der Waals surface area contributed by atoms with E-state index in [4.69, 9.17) is 11.6 Å². The van der Waals surface area contributed by atoms with Crippen molar-refractivity contribution in [1.29, 1.82) is 0 Å². The predicted octanol–water partition coefficient (Wildman–Crippen LogP) is 3.77. The van der Waals surface area contributed by atoms with Gasteiger partial charge in [-0.05, 0) is 37.5 Å². The monoisotopic (exact) mass is 338 g/mol. The first kappa shape index (κ1) is 19.5. The molecule has 1 atom stereocenters. The Kier molecular flexibility index (Phi) is 8.70. The van der Waals surface area contributed by atoms with Gasteiger partial charge in [0.05, 0.1) is 0 Å². The van der Waals surface area contributed by atoms with Gasteiger partial charge in [-0.1, -0.05) is 44.0 Å². The molecule has 4 nitrogen and oxygen atoms in total. The summed E-state index contributed by atoms with van der Waals surface area (Å²) in [4.78, 5) is 26.4. The molecule has 0 heterocycles. The molecule has 1 N–H and O–H groups in total. The summed E-state index contributed by atoms with van der Waals surface area (Å²) < 4.78 is 0. The summed E-state index contributed by atoms with van der Waals surface area (Å²) >= 11 is 6.01. The lowest BCUT2D eigenvalue weighted by Crippen LogP contribution is -2.47. The fraction of sp³-hybridized carbons (Fsp3) is 0.556. The van der Waals surface area contributed by atoms with Crippen molar-refractivity contribution in [2.24, 2.45) is 0 Å². The lowest BCUT2D eigenvalue weighted by Gasteiger charge is -2.29. The highest BCUT2D eigenvalue weighted by Gasteiger charge is 2.25. The highest BCUT2D eigenvalue weighted by molar-refractivity contribution is 6.30. The fourth-order valence-corrected chi connectivity index (χ4v) is 2.52. The van der Waals surface area contributed by atoms with Gasteiger partial charge in [-0.3, -0.25) is 9.59 Å². The molecule has 0 spiro atoms. The van der Waals surface area contributed by atoms with Crippen LogP contribution in [0.5, 0.6) is 0 Å². The van der Waals surface area contributed by atoms with Gasteiger partial charge in [-0.25, -0.2) is 0 Å². The molecule has 5 heteroatoms. The molecule has 0 bridgehead atoms. The molecule has 23 heavy (non-hydrogen) atoms. The van der Waals surface area contributed by atoms with Gasteiger partial charge in [0, 0.05) is 24.5 Å². The number of rotatable bonds is 9. The zero-order valence-electron chi connectivity index (χ0n) is 14.3. The van der Waals surface area contributed by atoms with Gasteiger partial charge in [0.25, 0.3) is 0 Å². The summed E-state index contributed by atoms with van der Waals surface area (Å²) in [7, 11) is 0. The van der Waals surface area contributed by atoms with Crippen LogP contribution in [-0.2, 0) is 16.1 Å². The van der Waals surface area contributed by atoms with Crippen LogP contribution in [0, 0.1) is 0 Å². The van der Waals surface area contributed by atoms with E-state index in [1.165, 1.54) is 0 Å². The van der Waals surface area contributed by atoms with Crippen LogP contribution in [0.2, 0.25) is 5.02 Å². The number of hydrogen-bond donors (Lipinski definition) is 1. The molecule has 0 aliphatic rings. The van der Waals surface area contributed by atoms with Crippen LogP contribution in [0.25, 0.3) is 0 Å². The second kappa shape index (κ2) is 10.3. The molecule has 1 aromatic carbocycles. The number of unbranched alkanes of at least 4 members (excludes halogenated alkanes) is 1. The molecule has 0 saturated heterocycles. The van der Waals surface area contributed by atoms with E-state index in [0.29, 0.717) is 24.5 Å². The Morgan fingerprint density at radius 2 is 2.00 bits per heavy atom. The van der Waals surface area contributed by atoms with E-state index in [2.05, 4.69) is 12.2 Å². The molecule has 0 radical (unpaired) electrons. The molecule has 128 valence electrons. The van der Waals surface area contributed by atoms with E-state index in [1.54, 1.807) is 17.9 Å². The van der Waals surface area contributed by atoms with Crippen LogP contribution in [0.3, 0.4) is 0 Å². The van der Waals surface area contributed by atoms with E-state index in [1.807, 2.05) is 25.1 Å². The molecular weight excluding hydrogens is 312 g/mol. The molecule has 0 aliphatic heterocycles. The van der Waals surface area contributed by atoms with Crippen molar-refractivity contribution in [2.45, 2.75) is 59.0 Å². The summed E-state index contributed by atoms with van der Waals surface area (Å²) in [6.07, 6.45) is 3.16. The lowest BCUT2D eigenvalue weighted by molar-refractivity contribution is -0.140. The highest BCUT2D eigenvalue weighted by atomic mass is 35.5. The topological polar surface area (TPSA) is 49.4 Å². The molecule has 0 saturated carbocycles. The number of carbonyl (C=O) groups excluding carboxylic acids is 2. The van der Waals surface area contributed by atoms with E-state index in [-0.39, 0.29) is 11.8 Å². The van der Waals surface area contributed by atoms with Crippen LogP contribution in [0.15, 0.2) is 24.3 Å². The zero-order chi connectivity index (χ0) is 17.2. The number of amides is 2. The average Bonchev–Trinajstić information content (AvgIpc) is 2.52. The van der Waals surface area contributed by atoms with Crippen molar-refractivity contribution in [1.82, 2.24) is 10.2 Å². The zero-order valence-corrected chi connectivity index (χ0v) is 15.0. The van der Waals surface area contributed by atoms with E-state index in [9.17, 15) is 9.59 Å². The maximum absolute atomic E-state index is 12.4. The van der Waals surface area contributed by atoms with Crippen molar-refractivity contribution in [3.63, 3.8) is 0 Å². The fourth-order valence-electron chi connectivity index (χ4n) is 2.31. The van der Waals surface area contributed by atoms with Crippen molar-refractivity contribution >= 4 is 23.4 Å². The molecule has 0 unspecified atom stereocenters. The average molecular weight is 339 g/mol. The minimum Gasteiger partial charge on any atom is -0.354 e. The van der Waals surface area contributed by atoms with Crippen LogP contribution in [-0.4, -0.2) is 29.3 Å². The number of nitrogens with one attached hydrogen (secondary N) is 1. The quantitative estimate of drug-likeness (QED) is 0.697. The number of carbonyl (C=O) groups is 2. The summed E-state index contributed by atoms with van der Waals surface area (Å²) in [5.74, 6) is -0.115. The van der Waals surface area contributed by atoms with E-state index >= 15 is 0 Å². The standard InChI is InChI=1S/C18H27ClN2O2/c1-4-6-11-20-18(23)14(3)21(17(22)8-5-2)13-15-9-7-10-16(19)12-15/h7,9-10,12,14H,4-6,8,11,13H2,1-3H3,(H,20,23)/t14-/m0/s1. The molecule has 1 aromatic rings. The van der Waals surface area contributed by atoms with Crippen molar-refractivity contribution in [3.8, 4) is 0 Å². The molecular formula is C18H27ClN2O2. The maximum atomic E-state index is 12.4. The first-order valence-corrected chi connectivity index (χ1v) is 8.69. The van der Waals surface area contributed by atoms with Gasteiger partial charge in [0.15, 0.2) is 0 Å². The third kappa shape index (κ3) is 6.61. The maximum Gasteiger partial charge on any atom is 0.242 e. The SMILES string of the molecule is CCCCNC(=O)[C@H](C)N(Cc1cccc(Cl)c1)C(=O)CCC. The smallest absolute Gasteiger partial charge is 0.242 e. The Balaban J connectivity index is 2.82. The molecule has 0 fully saturated rings. The second-order valence-corrected chi connectivity index (χ2v) is 6.16. The molecule has 2 amide bonds. The van der Waals surface area contributed by atoms with E-state index < -0.39 is 6.04 Å². The first-order valence-electron chi connectivity index (χ1n) is 8.31. The molecule has 1 rings (SSSR count). The van der Waals surface area contributed by atoms with Crippen molar-refractivity contribution in [2.75, 3.05) is 6.54 Å². The van der Waals surface area contributed by atoms with Gasteiger partial charge in [0.1, 0.15) is 6.04 Å². The van der Waals surface area contributed by atoms with Gasteiger partial charge < -0.3 is 10.2 Å². The predicted molar refractivity (Wildman–Crippen MR) is 94.3 cm³/mol. The number of hydrogen-bond acceptors (Lipinski definition) is 2. The Morgan fingerprint density at radius 1 is 1.26 bits per heavy atom. The van der Waals surface area contributed by atoms with Crippen LogP contribution in [0.1, 0.15) is 52.0 Å². The number of halogens is 1. The van der Waals surface area contributed by atoms with Crippen LogP contribution in [0.4, 0.5) is 0 Å². The summed E-state index contributed by atoms with van der Waals surface area (Å²) in [6, 6.07) is 6.90. The third-order valence-corrected chi connectivity index (χ3v) is 3.94. The van der Waals surface area contributed by atoms with Gasteiger partial charge >= 0.3 is 0 Å². The molecule has 0 aromatic heterocycles. The van der Waals surface area contributed by atoms with Crippen LogP contribution < -0.4 is 5.32 Å². The molecule has 0 aliphatic carbocycles. The van der Waals surface area contributed by atoms with E-state index in [0.717, 1.165) is 24.8 Å². The van der Waals surface area contributed by atoms with Gasteiger partial charge in [-0.2, -0.15) is 0 Å². The Hall–Kier alpha value is -1.55. The van der Waals surface area contributed by atoms with Gasteiger partial charge in [0.2, 0.25) is 11.8 Å². The Labute approximate surface area is 144 Å². The first-order chi connectivity index (χ1) is 11.0. The van der Waals surface area contributed by atoms with Gasteiger partial charge in [-0.15, -0.1) is 0 Å².